The minimum Gasteiger partial charge on any atom is -0.480 e. The van der Waals surface area contributed by atoms with E-state index in [0.717, 1.165) is 0 Å². The highest BCUT2D eigenvalue weighted by Gasteiger charge is 2.33. The van der Waals surface area contributed by atoms with E-state index in [4.69, 9.17) is 16.7 Å². The molecule has 0 radical (unpaired) electrons. The average molecular weight is 269 g/mol. The van der Waals surface area contributed by atoms with Crippen LogP contribution in [0.1, 0.15) is 12.8 Å². The first kappa shape index (κ1) is 12.7. The topological polar surface area (TPSA) is 69.6 Å². The number of likely N-dealkylation sites (tertiary alicyclic amines) is 1. The molecule has 5 nitrogen and oxygen atoms in total. The van der Waals surface area contributed by atoms with Crippen molar-refractivity contribution in [3.05, 3.63) is 29.3 Å². The third-order valence-electron chi connectivity index (χ3n) is 2.87. The van der Waals surface area contributed by atoms with E-state index in [2.05, 4.69) is 5.32 Å². The number of benzene rings is 1. The second kappa shape index (κ2) is 5.27. The van der Waals surface area contributed by atoms with E-state index in [1.165, 1.54) is 4.90 Å². The molecule has 2 amide bonds. The first-order chi connectivity index (χ1) is 8.58. The number of nitrogens with one attached hydrogen (secondary N) is 1. The van der Waals surface area contributed by atoms with Crippen molar-refractivity contribution in [3.63, 3.8) is 0 Å². The average Bonchev–Trinajstić information content (AvgIpc) is 2.77. The van der Waals surface area contributed by atoms with Gasteiger partial charge in [-0.3, -0.25) is 0 Å². The number of urea groups is 1. The van der Waals surface area contributed by atoms with Crippen LogP contribution in [0.15, 0.2) is 24.3 Å². The predicted molar refractivity (Wildman–Crippen MR) is 67.8 cm³/mol. The van der Waals surface area contributed by atoms with Crippen molar-refractivity contribution in [1.29, 1.82) is 0 Å². The van der Waals surface area contributed by atoms with Gasteiger partial charge in [-0.2, -0.15) is 0 Å². The van der Waals surface area contributed by atoms with Crippen molar-refractivity contribution in [2.24, 2.45) is 0 Å². The summed E-state index contributed by atoms with van der Waals surface area (Å²) in [7, 11) is 0. The lowest BCUT2D eigenvalue weighted by Gasteiger charge is -2.21. The summed E-state index contributed by atoms with van der Waals surface area (Å²) in [6, 6.07) is 5.61. The summed E-state index contributed by atoms with van der Waals surface area (Å²) < 4.78 is 0. The molecule has 0 unspecified atom stereocenters. The summed E-state index contributed by atoms with van der Waals surface area (Å²) in [6.07, 6.45) is 1.21. The van der Waals surface area contributed by atoms with Crippen molar-refractivity contribution < 1.29 is 14.7 Å². The molecule has 1 atom stereocenters. The number of anilines is 1. The van der Waals surface area contributed by atoms with E-state index in [1.807, 2.05) is 0 Å². The van der Waals surface area contributed by atoms with Crippen LogP contribution in [0.2, 0.25) is 5.02 Å². The normalized spacial score (nSPS) is 18.7. The van der Waals surface area contributed by atoms with Crippen LogP contribution in [0, 0.1) is 0 Å². The number of hydrogen-bond acceptors (Lipinski definition) is 2. The Bertz CT molecular complexity index is 478. The van der Waals surface area contributed by atoms with Gasteiger partial charge in [-0.25, -0.2) is 9.59 Å². The van der Waals surface area contributed by atoms with Crippen LogP contribution in [-0.2, 0) is 4.79 Å². The fourth-order valence-corrected chi connectivity index (χ4v) is 2.22. The highest BCUT2D eigenvalue weighted by molar-refractivity contribution is 6.30. The van der Waals surface area contributed by atoms with Crippen LogP contribution in [-0.4, -0.2) is 34.6 Å². The third-order valence-corrected chi connectivity index (χ3v) is 3.11. The second-order valence-electron chi connectivity index (χ2n) is 4.13. The summed E-state index contributed by atoms with van der Waals surface area (Å²) >= 11 is 5.81. The number of hydrogen-bond donors (Lipinski definition) is 2. The number of carboxylic acids is 1. The Balaban J connectivity index is 2.06. The number of rotatable bonds is 2. The van der Waals surface area contributed by atoms with E-state index in [9.17, 15) is 9.59 Å². The van der Waals surface area contributed by atoms with Gasteiger partial charge in [0.15, 0.2) is 0 Å². The van der Waals surface area contributed by atoms with Gasteiger partial charge in [0.1, 0.15) is 6.04 Å². The molecule has 18 heavy (non-hydrogen) atoms. The zero-order valence-electron chi connectivity index (χ0n) is 9.60. The minimum absolute atomic E-state index is 0.401. The lowest BCUT2D eigenvalue weighted by atomic mass is 10.2. The first-order valence-electron chi connectivity index (χ1n) is 5.64. The maximum absolute atomic E-state index is 11.9. The summed E-state index contributed by atoms with van der Waals surface area (Å²) in [5.41, 5.74) is 0.559. The van der Waals surface area contributed by atoms with Crippen LogP contribution in [0.5, 0.6) is 0 Å². The van der Waals surface area contributed by atoms with Gasteiger partial charge in [-0.05, 0) is 31.0 Å². The molecule has 6 heteroatoms. The monoisotopic (exact) mass is 268 g/mol. The van der Waals surface area contributed by atoms with Gasteiger partial charge in [0.2, 0.25) is 0 Å². The summed E-state index contributed by atoms with van der Waals surface area (Å²) in [5, 5.41) is 12.2. The van der Waals surface area contributed by atoms with Crippen molar-refractivity contribution in [2.75, 3.05) is 11.9 Å². The molecule has 0 bridgehead atoms. The number of halogens is 1. The smallest absolute Gasteiger partial charge is 0.326 e. The molecule has 1 fully saturated rings. The van der Waals surface area contributed by atoms with Crippen LogP contribution in [0.3, 0.4) is 0 Å². The Kier molecular flexibility index (Phi) is 3.72. The zero-order valence-corrected chi connectivity index (χ0v) is 10.4. The lowest BCUT2D eigenvalue weighted by molar-refractivity contribution is -0.141. The molecule has 0 saturated carbocycles. The fourth-order valence-electron chi connectivity index (χ4n) is 2.03. The van der Waals surface area contributed by atoms with Crippen molar-refractivity contribution >= 4 is 29.3 Å². The molecule has 1 aromatic carbocycles. The molecule has 96 valence electrons. The summed E-state index contributed by atoms with van der Waals surface area (Å²) in [4.78, 5) is 24.3. The van der Waals surface area contributed by atoms with E-state index in [-0.39, 0.29) is 0 Å². The largest absolute Gasteiger partial charge is 0.480 e. The van der Waals surface area contributed by atoms with Crippen molar-refractivity contribution in [1.82, 2.24) is 4.90 Å². The van der Waals surface area contributed by atoms with E-state index in [1.54, 1.807) is 24.3 Å². The molecule has 2 rings (SSSR count). The van der Waals surface area contributed by atoms with Gasteiger partial charge in [0, 0.05) is 17.3 Å². The molecule has 0 aliphatic carbocycles. The van der Waals surface area contributed by atoms with Crippen LogP contribution < -0.4 is 5.32 Å². The van der Waals surface area contributed by atoms with Crippen molar-refractivity contribution in [2.45, 2.75) is 18.9 Å². The summed E-state index contributed by atoms with van der Waals surface area (Å²) in [6.45, 7) is 0.462. The van der Waals surface area contributed by atoms with Crippen molar-refractivity contribution in [3.8, 4) is 0 Å². The molecule has 1 aliphatic rings. The molecular formula is C12H13ClN2O3. The molecule has 0 spiro atoms. The number of carboxylic acid groups (broad SMARTS) is 1. The van der Waals surface area contributed by atoms with Crippen LogP contribution in [0.4, 0.5) is 10.5 Å². The molecule has 1 aromatic rings. The van der Waals surface area contributed by atoms with Gasteiger partial charge in [0.25, 0.3) is 0 Å². The third kappa shape index (κ3) is 2.73. The Morgan fingerprint density at radius 2 is 2.22 bits per heavy atom. The Labute approximate surface area is 109 Å². The van der Waals surface area contributed by atoms with E-state index < -0.39 is 18.0 Å². The number of carbonyl (C=O) groups excluding carboxylic acids is 1. The quantitative estimate of drug-likeness (QED) is 0.865. The maximum atomic E-state index is 11.9. The van der Waals surface area contributed by atoms with Gasteiger partial charge < -0.3 is 15.3 Å². The van der Waals surface area contributed by atoms with E-state index in [0.29, 0.717) is 30.1 Å². The zero-order chi connectivity index (χ0) is 13.1. The Morgan fingerprint density at radius 3 is 2.89 bits per heavy atom. The predicted octanol–water partition coefficient (Wildman–Crippen LogP) is 2.42. The van der Waals surface area contributed by atoms with Crippen LogP contribution in [0.25, 0.3) is 0 Å². The highest BCUT2D eigenvalue weighted by Crippen LogP contribution is 2.20. The Hall–Kier alpha value is -1.75. The molecule has 1 aliphatic heterocycles. The molecular weight excluding hydrogens is 256 g/mol. The number of amides is 2. The standard InChI is InChI=1S/C12H13ClN2O3/c13-8-3-1-4-9(7-8)14-12(18)15-6-2-5-10(15)11(16)17/h1,3-4,7,10H,2,5-6H2,(H,14,18)(H,16,17)/t10-/m1/s1. The SMILES string of the molecule is O=C(O)[C@H]1CCCN1C(=O)Nc1cccc(Cl)c1. The van der Waals surface area contributed by atoms with Gasteiger partial charge in [0.05, 0.1) is 0 Å². The van der Waals surface area contributed by atoms with Gasteiger partial charge in [-0.15, -0.1) is 0 Å². The molecule has 1 heterocycles. The van der Waals surface area contributed by atoms with Gasteiger partial charge in [-0.1, -0.05) is 17.7 Å². The lowest BCUT2D eigenvalue weighted by Crippen LogP contribution is -2.42. The molecule has 0 aromatic heterocycles. The fraction of sp³-hybridized carbons (Fsp3) is 0.333. The van der Waals surface area contributed by atoms with E-state index >= 15 is 0 Å². The number of carbonyl (C=O) groups is 2. The number of aliphatic carboxylic acids is 1. The van der Waals surface area contributed by atoms with Gasteiger partial charge >= 0.3 is 12.0 Å². The Morgan fingerprint density at radius 1 is 1.44 bits per heavy atom. The summed E-state index contributed by atoms with van der Waals surface area (Å²) in [5.74, 6) is -0.964. The highest BCUT2D eigenvalue weighted by atomic mass is 35.5. The first-order valence-corrected chi connectivity index (χ1v) is 6.02. The molecule has 2 N–H and O–H groups in total. The van der Waals surface area contributed by atoms with Crippen LogP contribution >= 0.6 is 11.6 Å². The number of nitrogens with zero attached hydrogens (tertiary/aromatic N) is 1. The maximum Gasteiger partial charge on any atom is 0.326 e. The minimum atomic E-state index is -0.964. The molecule has 1 saturated heterocycles. The second-order valence-corrected chi connectivity index (χ2v) is 4.57.